The van der Waals surface area contributed by atoms with Gasteiger partial charge in [0.15, 0.2) is 0 Å². The summed E-state index contributed by atoms with van der Waals surface area (Å²) in [6, 6.07) is 5.78. The normalized spacial score (nSPS) is 12.7. The Morgan fingerprint density at radius 1 is 1.25 bits per heavy atom. The number of rotatable bonds is 4. The van der Waals surface area contributed by atoms with Crippen LogP contribution in [0.2, 0.25) is 0 Å². The van der Waals surface area contributed by atoms with Crippen molar-refractivity contribution in [2.75, 3.05) is 0 Å². The Bertz CT molecular complexity index is 625. The fourth-order valence-corrected chi connectivity index (χ4v) is 3.48. The van der Waals surface area contributed by atoms with Gasteiger partial charge >= 0.3 is 0 Å². The van der Waals surface area contributed by atoms with E-state index in [4.69, 9.17) is 0 Å². The fraction of sp³-hybridized carbons (Fsp3) is 0.357. The zero-order chi connectivity index (χ0) is 14.9. The zero-order valence-electron chi connectivity index (χ0n) is 11.2. The number of benzene rings is 1. The quantitative estimate of drug-likeness (QED) is 0.718. The first kappa shape index (κ1) is 16.2. The summed E-state index contributed by atoms with van der Waals surface area (Å²) < 4.78 is 4.74. The van der Waals surface area contributed by atoms with Gasteiger partial charge in [0.1, 0.15) is 0 Å². The van der Waals surface area contributed by atoms with Crippen LogP contribution in [0.15, 0.2) is 31.6 Å². The molecule has 1 heterocycles. The van der Waals surface area contributed by atoms with E-state index < -0.39 is 6.10 Å². The summed E-state index contributed by atoms with van der Waals surface area (Å²) in [5, 5.41) is 14.9. The predicted molar refractivity (Wildman–Crippen MR) is 90.8 cm³/mol. The van der Waals surface area contributed by atoms with Gasteiger partial charge in [-0.05, 0) is 71.9 Å². The van der Waals surface area contributed by atoms with Gasteiger partial charge in [0, 0.05) is 22.4 Å². The van der Waals surface area contributed by atoms with E-state index in [2.05, 4.69) is 59.8 Å². The van der Waals surface area contributed by atoms with Crippen molar-refractivity contribution in [1.29, 1.82) is 0 Å². The van der Waals surface area contributed by atoms with Crippen LogP contribution >= 0.6 is 47.8 Å². The Morgan fingerprint density at radius 2 is 1.95 bits per heavy atom. The monoisotopic (exact) mass is 464 g/mol. The minimum absolute atomic E-state index is 0.526. The lowest BCUT2D eigenvalue weighted by Gasteiger charge is -2.12. The Labute approximate surface area is 143 Å². The predicted octanol–water partition coefficient (Wildman–Crippen LogP) is 4.55. The van der Waals surface area contributed by atoms with Gasteiger partial charge in [-0.3, -0.25) is 4.68 Å². The van der Waals surface area contributed by atoms with Crippen molar-refractivity contribution in [2.45, 2.75) is 25.9 Å². The van der Waals surface area contributed by atoms with Crippen molar-refractivity contribution in [1.82, 2.24) is 9.78 Å². The molecule has 0 amide bonds. The third-order valence-electron chi connectivity index (χ3n) is 3.22. The molecule has 0 saturated heterocycles. The molecule has 0 bridgehead atoms. The SMILES string of the molecule is CCc1nn(C)c(CC(O)c2ccc(Br)c(Br)c2)c1Br. The molecule has 0 aliphatic heterocycles. The Kier molecular flexibility index (Phi) is 5.45. The standard InChI is InChI=1S/C14H15Br3N2O/c1-3-11-14(17)12(19(2)18-11)7-13(20)8-4-5-9(15)10(16)6-8/h4-6,13,20H,3,7H2,1-2H3. The molecule has 0 spiro atoms. The lowest BCUT2D eigenvalue weighted by molar-refractivity contribution is 0.175. The highest BCUT2D eigenvalue weighted by Crippen LogP contribution is 2.30. The summed E-state index contributed by atoms with van der Waals surface area (Å²) in [7, 11) is 1.91. The van der Waals surface area contributed by atoms with Crippen LogP contribution in [0.25, 0.3) is 0 Å². The van der Waals surface area contributed by atoms with Crippen molar-refractivity contribution in [3.05, 3.63) is 48.6 Å². The largest absolute Gasteiger partial charge is 0.388 e. The van der Waals surface area contributed by atoms with Crippen molar-refractivity contribution < 1.29 is 5.11 Å². The number of aromatic nitrogens is 2. The van der Waals surface area contributed by atoms with Crippen LogP contribution in [0.3, 0.4) is 0 Å². The molecule has 6 heteroatoms. The molecule has 1 aromatic carbocycles. The number of hydrogen-bond acceptors (Lipinski definition) is 2. The van der Waals surface area contributed by atoms with Crippen LogP contribution < -0.4 is 0 Å². The average molecular weight is 467 g/mol. The summed E-state index contributed by atoms with van der Waals surface area (Å²) in [5.41, 5.74) is 2.91. The molecule has 0 aliphatic rings. The number of nitrogens with zero attached hydrogens (tertiary/aromatic N) is 2. The maximum atomic E-state index is 10.4. The molecule has 1 aromatic heterocycles. The van der Waals surface area contributed by atoms with Gasteiger partial charge in [-0.2, -0.15) is 5.10 Å². The van der Waals surface area contributed by atoms with Crippen LogP contribution in [0.5, 0.6) is 0 Å². The second kappa shape index (κ2) is 6.73. The summed E-state index contributed by atoms with van der Waals surface area (Å²) in [6.45, 7) is 2.07. The first-order chi connectivity index (χ1) is 9.43. The molecule has 1 N–H and O–H groups in total. The fourth-order valence-electron chi connectivity index (χ4n) is 2.06. The number of aliphatic hydroxyl groups excluding tert-OH is 1. The molecular formula is C14H15Br3N2O. The third kappa shape index (κ3) is 3.35. The smallest absolute Gasteiger partial charge is 0.0846 e. The highest BCUT2D eigenvalue weighted by Gasteiger charge is 2.17. The summed E-state index contributed by atoms with van der Waals surface area (Å²) in [5.74, 6) is 0. The molecule has 3 nitrogen and oxygen atoms in total. The van der Waals surface area contributed by atoms with E-state index in [1.165, 1.54) is 0 Å². The van der Waals surface area contributed by atoms with E-state index in [0.29, 0.717) is 6.42 Å². The Hall–Kier alpha value is -0.170. The van der Waals surface area contributed by atoms with Crippen LogP contribution in [-0.4, -0.2) is 14.9 Å². The van der Waals surface area contributed by atoms with Gasteiger partial charge in [-0.25, -0.2) is 0 Å². The topological polar surface area (TPSA) is 38.0 Å². The second-order valence-electron chi connectivity index (χ2n) is 4.58. The van der Waals surface area contributed by atoms with Gasteiger partial charge in [-0.15, -0.1) is 0 Å². The van der Waals surface area contributed by atoms with Crippen molar-refractivity contribution in [2.24, 2.45) is 7.05 Å². The highest BCUT2D eigenvalue weighted by molar-refractivity contribution is 9.13. The number of halogens is 3. The Balaban J connectivity index is 2.25. The van der Waals surface area contributed by atoms with E-state index in [0.717, 1.165) is 36.8 Å². The molecule has 2 aromatic rings. The lowest BCUT2D eigenvalue weighted by atomic mass is 10.0. The van der Waals surface area contributed by atoms with Crippen molar-refractivity contribution in [3.8, 4) is 0 Å². The molecule has 1 unspecified atom stereocenters. The minimum Gasteiger partial charge on any atom is -0.388 e. The van der Waals surface area contributed by atoms with E-state index in [1.54, 1.807) is 0 Å². The number of aryl methyl sites for hydroxylation is 2. The lowest BCUT2D eigenvalue weighted by Crippen LogP contribution is -2.07. The summed E-state index contributed by atoms with van der Waals surface area (Å²) in [4.78, 5) is 0. The molecule has 1 atom stereocenters. The second-order valence-corrected chi connectivity index (χ2v) is 7.08. The summed E-state index contributed by atoms with van der Waals surface area (Å²) in [6.07, 6.45) is 0.836. The van der Waals surface area contributed by atoms with Gasteiger partial charge in [-0.1, -0.05) is 13.0 Å². The van der Waals surface area contributed by atoms with Crippen LogP contribution in [0.1, 0.15) is 30.0 Å². The van der Waals surface area contributed by atoms with Crippen LogP contribution in [0.4, 0.5) is 0 Å². The van der Waals surface area contributed by atoms with Crippen LogP contribution in [0, 0.1) is 0 Å². The number of hydrogen-bond donors (Lipinski definition) is 1. The maximum absolute atomic E-state index is 10.4. The van der Waals surface area contributed by atoms with Gasteiger partial charge in [0.2, 0.25) is 0 Å². The van der Waals surface area contributed by atoms with E-state index >= 15 is 0 Å². The average Bonchev–Trinajstić information content (AvgIpc) is 2.69. The molecule has 0 aliphatic carbocycles. The molecule has 2 rings (SSSR count). The first-order valence-corrected chi connectivity index (χ1v) is 8.65. The minimum atomic E-state index is -0.559. The molecule has 0 saturated carbocycles. The van der Waals surface area contributed by atoms with Crippen molar-refractivity contribution in [3.63, 3.8) is 0 Å². The van der Waals surface area contributed by atoms with Gasteiger partial charge < -0.3 is 5.11 Å². The molecule has 108 valence electrons. The molecule has 20 heavy (non-hydrogen) atoms. The van der Waals surface area contributed by atoms with Gasteiger partial charge in [0.25, 0.3) is 0 Å². The van der Waals surface area contributed by atoms with Crippen LogP contribution in [-0.2, 0) is 19.9 Å². The zero-order valence-corrected chi connectivity index (χ0v) is 16.0. The molecule has 0 fully saturated rings. The third-order valence-corrected chi connectivity index (χ3v) is 6.01. The number of aliphatic hydroxyl groups is 1. The van der Waals surface area contributed by atoms with Gasteiger partial charge in [0.05, 0.1) is 22.0 Å². The highest BCUT2D eigenvalue weighted by atomic mass is 79.9. The van der Waals surface area contributed by atoms with Crippen molar-refractivity contribution >= 4 is 47.8 Å². The molecular weight excluding hydrogens is 452 g/mol. The van der Waals surface area contributed by atoms with E-state index in [1.807, 2.05) is 29.9 Å². The molecule has 0 radical (unpaired) electrons. The van der Waals surface area contributed by atoms with E-state index in [-0.39, 0.29) is 0 Å². The Morgan fingerprint density at radius 3 is 2.50 bits per heavy atom. The first-order valence-electron chi connectivity index (χ1n) is 6.27. The van der Waals surface area contributed by atoms with E-state index in [9.17, 15) is 5.11 Å². The summed E-state index contributed by atoms with van der Waals surface area (Å²) >= 11 is 10.5. The maximum Gasteiger partial charge on any atom is 0.0846 e.